The van der Waals surface area contributed by atoms with Gasteiger partial charge in [0.05, 0.1) is 13.2 Å². The second-order valence-corrected chi connectivity index (χ2v) is 6.91. The summed E-state index contributed by atoms with van der Waals surface area (Å²) < 4.78 is 4.94. The highest BCUT2D eigenvalue weighted by molar-refractivity contribution is 5.76. The van der Waals surface area contributed by atoms with Crippen molar-refractivity contribution in [3.63, 3.8) is 0 Å². The van der Waals surface area contributed by atoms with Gasteiger partial charge in [-0.25, -0.2) is 0 Å². The second-order valence-electron chi connectivity index (χ2n) is 6.91. The highest BCUT2D eigenvalue weighted by Crippen LogP contribution is 2.24. The van der Waals surface area contributed by atoms with Crippen LogP contribution in [0.25, 0.3) is 5.57 Å². The van der Waals surface area contributed by atoms with Gasteiger partial charge in [-0.1, -0.05) is 50.3 Å². The standard InChI is InChI=1S/C20H29NO3/c1-15(2)9-10-17(16-7-5-4-6-8-16)14-21-12-11-18(22)13-19(21)20(23)24-3/h4-8,10,15,18-19,22H,9,11-14H2,1-3H3/b17-10+/t18-,19+/m1/s1. The molecule has 2 rings (SSSR count). The van der Waals surface area contributed by atoms with Gasteiger partial charge in [0.1, 0.15) is 6.04 Å². The van der Waals surface area contributed by atoms with Crippen LogP contribution in [0.15, 0.2) is 36.4 Å². The first-order valence-corrected chi connectivity index (χ1v) is 8.75. The van der Waals surface area contributed by atoms with Crippen LogP contribution < -0.4 is 0 Å². The van der Waals surface area contributed by atoms with Gasteiger partial charge in [-0.05, 0) is 36.3 Å². The highest BCUT2D eigenvalue weighted by atomic mass is 16.5. The molecule has 0 aromatic heterocycles. The normalized spacial score (nSPS) is 22.6. The first-order valence-electron chi connectivity index (χ1n) is 8.75. The zero-order valence-corrected chi connectivity index (χ0v) is 14.9. The number of ether oxygens (including phenoxy) is 1. The Morgan fingerprint density at radius 2 is 2.08 bits per heavy atom. The summed E-state index contributed by atoms with van der Waals surface area (Å²) in [5.74, 6) is 0.327. The van der Waals surface area contributed by atoms with Gasteiger partial charge >= 0.3 is 5.97 Å². The molecular formula is C20H29NO3. The second kappa shape index (κ2) is 9.00. The zero-order valence-electron chi connectivity index (χ0n) is 14.9. The van der Waals surface area contributed by atoms with E-state index in [1.165, 1.54) is 18.2 Å². The number of aliphatic hydroxyl groups excluding tert-OH is 1. The van der Waals surface area contributed by atoms with Crippen molar-refractivity contribution in [3.05, 3.63) is 42.0 Å². The molecule has 4 nitrogen and oxygen atoms in total. The van der Waals surface area contributed by atoms with Crippen molar-refractivity contribution in [1.82, 2.24) is 4.90 Å². The predicted molar refractivity (Wildman–Crippen MR) is 96.5 cm³/mol. The lowest BCUT2D eigenvalue weighted by Crippen LogP contribution is -2.49. The number of aliphatic hydroxyl groups is 1. The Labute approximate surface area is 145 Å². The van der Waals surface area contributed by atoms with E-state index in [0.717, 1.165) is 6.42 Å². The summed E-state index contributed by atoms with van der Waals surface area (Å²) in [6.45, 7) is 5.80. The third kappa shape index (κ3) is 5.18. The molecule has 0 unspecified atom stereocenters. The molecule has 0 radical (unpaired) electrons. The number of allylic oxidation sites excluding steroid dienone is 1. The van der Waals surface area contributed by atoms with Gasteiger partial charge in [-0.15, -0.1) is 0 Å². The van der Waals surface area contributed by atoms with Crippen molar-refractivity contribution in [2.75, 3.05) is 20.2 Å². The predicted octanol–water partition coefficient (Wildman–Crippen LogP) is 3.11. The molecule has 24 heavy (non-hydrogen) atoms. The SMILES string of the molecule is COC(=O)[C@@H]1C[C@H](O)CCN1C/C(=C\CC(C)C)c1ccccc1. The number of likely N-dealkylation sites (tertiary alicyclic amines) is 1. The van der Waals surface area contributed by atoms with Gasteiger partial charge < -0.3 is 9.84 Å². The number of nitrogens with zero attached hydrogens (tertiary/aromatic N) is 1. The Hall–Kier alpha value is -1.65. The van der Waals surface area contributed by atoms with E-state index in [1.807, 2.05) is 18.2 Å². The monoisotopic (exact) mass is 331 g/mol. The number of esters is 1. The van der Waals surface area contributed by atoms with Crippen molar-refractivity contribution in [3.8, 4) is 0 Å². The lowest BCUT2D eigenvalue weighted by atomic mass is 9.96. The third-order valence-electron chi connectivity index (χ3n) is 4.51. The van der Waals surface area contributed by atoms with Gasteiger partial charge in [0, 0.05) is 13.1 Å². The van der Waals surface area contributed by atoms with E-state index in [-0.39, 0.29) is 12.0 Å². The highest BCUT2D eigenvalue weighted by Gasteiger charge is 2.33. The fraction of sp³-hybridized carbons (Fsp3) is 0.550. The molecule has 4 heteroatoms. The number of piperidine rings is 1. The molecule has 1 aromatic carbocycles. The van der Waals surface area contributed by atoms with Crippen LogP contribution in [0.3, 0.4) is 0 Å². The van der Waals surface area contributed by atoms with Gasteiger partial charge in [0.25, 0.3) is 0 Å². The molecule has 1 fully saturated rings. The number of methoxy groups -OCH3 is 1. The summed E-state index contributed by atoms with van der Waals surface area (Å²) in [5, 5.41) is 9.92. The summed E-state index contributed by atoms with van der Waals surface area (Å²) in [6.07, 6.45) is 3.99. The first kappa shape index (κ1) is 18.7. The van der Waals surface area contributed by atoms with Crippen molar-refractivity contribution < 1.29 is 14.6 Å². The fourth-order valence-corrected chi connectivity index (χ4v) is 3.09. The number of benzene rings is 1. The van der Waals surface area contributed by atoms with Crippen LogP contribution >= 0.6 is 0 Å². The van der Waals surface area contributed by atoms with Crippen LogP contribution in [0, 0.1) is 5.92 Å². The van der Waals surface area contributed by atoms with E-state index in [9.17, 15) is 9.90 Å². The summed E-state index contributed by atoms with van der Waals surface area (Å²) in [6, 6.07) is 9.94. The summed E-state index contributed by atoms with van der Waals surface area (Å²) in [5.41, 5.74) is 2.42. The molecule has 0 spiro atoms. The first-order chi connectivity index (χ1) is 11.5. The maximum atomic E-state index is 12.1. The Kier molecular flexibility index (Phi) is 7.00. The van der Waals surface area contributed by atoms with Crippen LogP contribution in [-0.2, 0) is 9.53 Å². The van der Waals surface area contributed by atoms with Gasteiger partial charge in [-0.3, -0.25) is 9.69 Å². The Balaban J connectivity index is 2.20. The molecule has 132 valence electrons. The Bertz CT molecular complexity index is 553. The summed E-state index contributed by atoms with van der Waals surface area (Å²) in [7, 11) is 1.41. The molecule has 1 heterocycles. The third-order valence-corrected chi connectivity index (χ3v) is 4.51. The van der Waals surface area contributed by atoms with E-state index in [1.54, 1.807) is 0 Å². The Morgan fingerprint density at radius 1 is 1.38 bits per heavy atom. The fourth-order valence-electron chi connectivity index (χ4n) is 3.09. The van der Waals surface area contributed by atoms with Crippen molar-refractivity contribution in [2.45, 2.75) is 45.3 Å². The van der Waals surface area contributed by atoms with E-state index in [4.69, 9.17) is 4.74 Å². The van der Waals surface area contributed by atoms with Crippen molar-refractivity contribution in [2.24, 2.45) is 5.92 Å². The minimum absolute atomic E-state index is 0.259. The maximum Gasteiger partial charge on any atom is 0.323 e. The van der Waals surface area contributed by atoms with Crippen LogP contribution in [0.1, 0.15) is 38.7 Å². The van der Waals surface area contributed by atoms with Gasteiger partial charge in [0.15, 0.2) is 0 Å². The molecule has 0 amide bonds. The topological polar surface area (TPSA) is 49.8 Å². The van der Waals surface area contributed by atoms with E-state index in [2.05, 4.69) is 37.0 Å². The molecule has 0 aliphatic carbocycles. The number of carbonyl (C=O) groups is 1. The van der Waals surface area contributed by atoms with E-state index < -0.39 is 6.10 Å². The molecule has 2 atom stereocenters. The average molecular weight is 331 g/mol. The number of hydrogen-bond donors (Lipinski definition) is 1. The zero-order chi connectivity index (χ0) is 17.5. The van der Waals surface area contributed by atoms with Crippen LogP contribution in [0.4, 0.5) is 0 Å². The lowest BCUT2D eigenvalue weighted by molar-refractivity contribution is -0.149. The summed E-state index contributed by atoms with van der Waals surface area (Å²) in [4.78, 5) is 14.2. The molecule has 0 saturated carbocycles. The summed E-state index contributed by atoms with van der Waals surface area (Å²) >= 11 is 0. The van der Waals surface area contributed by atoms with Gasteiger partial charge in [-0.2, -0.15) is 0 Å². The smallest absolute Gasteiger partial charge is 0.323 e. The minimum Gasteiger partial charge on any atom is -0.468 e. The van der Waals surface area contributed by atoms with Crippen LogP contribution in [0.5, 0.6) is 0 Å². The molecule has 0 bridgehead atoms. The number of hydrogen-bond acceptors (Lipinski definition) is 4. The molecule has 1 aliphatic rings. The van der Waals surface area contributed by atoms with E-state index >= 15 is 0 Å². The number of rotatable bonds is 6. The molecule has 1 aliphatic heterocycles. The number of carbonyl (C=O) groups excluding carboxylic acids is 1. The van der Waals surface area contributed by atoms with Crippen LogP contribution in [-0.4, -0.2) is 48.3 Å². The van der Waals surface area contributed by atoms with Crippen LogP contribution in [0.2, 0.25) is 0 Å². The molecular weight excluding hydrogens is 302 g/mol. The maximum absolute atomic E-state index is 12.1. The largest absolute Gasteiger partial charge is 0.468 e. The molecule has 1 saturated heterocycles. The average Bonchev–Trinajstić information content (AvgIpc) is 2.59. The minimum atomic E-state index is -0.426. The molecule has 1 N–H and O–H groups in total. The van der Waals surface area contributed by atoms with E-state index in [0.29, 0.717) is 31.8 Å². The molecule has 1 aromatic rings. The van der Waals surface area contributed by atoms with Crippen molar-refractivity contribution in [1.29, 1.82) is 0 Å². The quantitative estimate of drug-likeness (QED) is 0.814. The van der Waals surface area contributed by atoms with Crippen molar-refractivity contribution >= 4 is 11.5 Å². The van der Waals surface area contributed by atoms with Gasteiger partial charge in [0.2, 0.25) is 0 Å². The lowest BCUT2D eigenvalue weighted by Gasteiger charge is -2.36. The Morgan fingerprint density at radius 3 is 2.71 bits per heavy atom.